The van der Waals surface area contributed by atoms with Gasteiger partial charge in [-0.25, -0.2) is 5.48 Å². The number of hydroxylamine groups is 1. The summed E-state index contributed by atoms with van der Waals surface area (Å²) in [5, 5.41) is 9.64. The molecule has 3 nitrogen and oxygen atoms in total. The van der Waals surface area contributed by atoms with Crippen LogP contribution >= 0.6 is 15.9 Å². The van der Waals surface area contributed by atoms with Crippen molar-refractivity contribution in [2.75, 3.05) is 5.33 Å². The molecule has 0 rings (SSSR count). The zero-order chi connectivity index (χ0) is 30.4. The van der Waals surface area contributed by atoms with Crippen molar-refractivity contribution in [3.05, 3.63) is 0 Å². The molecule has 0 aromatic rings. The second kappa shape index (κ2) is 38.9. The van der Waals surface area contributed by atoms with Crippen LogP contribution in [0.5, 0.6) is 0 Å². The number of carbonyl (C=O) groups is 1. The van der Waals surface area contributed by atoms with Gasteiger partial charge >= 0.3 is 0 Å². The second-order valence-electron chi connectivity index (χ2n) is 13.3. The Morgan fingerprint density at radius 1 is 0.333 bits per heavy atom. The lowest BCUT2D eigenvalue weighted by Gasteiger charge is -2.05. The third-order valence-corrected chi connectivity index (χ3v) is 9.72. The van der Waals surface area contributed by atoms with Gasteiger partial charge in [0.2, 0.25) is 5.91 Å². The molecular weight excluding hydrogens is 582 g/mol. The highest BCUT2D eigenvalue weighted by molar-refractivity contribution is 9.09. The van der Waals surface area contributed by atoms with E-state index in [9.17, 15) is 4.79 Å². The van der Waals surface area contributed by atoms with Crippen LogP contribution in [0.4, 0.5) is 0 Å². The van der Waals surface area contributed by atoms with Crippen molar-refractivity contribution in [1.29, 1.82) is 0 Å². The van der Waals surface area contributed by atoms with Crippen molar-refractivity contribution < 1.29 is 10.0 Å². The van der Waals surface area contributed by atoms with Crippen LogP contribution < -0.4 is 5.48 Å². The van der Waals surface area contributed by atoms with Gasteiger partial charge in [0.25, 0.3) is 0 Å². The molecule has 2 N–H and O–H groups in total. The summed E-state index contributed by atoms with van der Waals surface area (Å²) in [5.74, 6) is -0.254. The third kappa shape index (κ3) is 37.9. The van der Waals surface area contributed by atoms with Gasteiger partial charge in [0.05, 0.1) is 0 Å². The fraction of sp³-hybridized carbons (Fsp3) is 0.974. The fourth-order valence-electron chi connectivity index (χ4n) is 6.27. The van der Waals surface area contributed by atoms with Crippen molar-refractivity contribution in [3.8, 4) is 0 Å². The molecule has 0 aliphatic heterocycles. The van der Waals surface area contributed by atoms with Gasteiger partial charge in [-0.05, 0) is 12.8 Å². The minimum Gasteiger partial charge on any atom is -0.289 e. The predicted molar refractivity (Wildman–Crippen MR) is 190 cm³/mol. The number of carbonyl (C=O) groups excluding carboxylic acids is 1. The monoisotopic (exact) mass is 658 g/mol. The first-order chi connectivity index (χ1) is 20.8. The molecule has 1 amide bonds. The Hall–Kier alpha value is -0.0900. The molecule has 252 valence electrons. The van der Waals surface area contributed by atoms with Gasteiger partial charge in [0, 0.05) is 11.8 Å². The molecule has 0 heterocycles. The summed E-state index contributed by atoms with van der Waals surface area (Å²) in [6.45, 7) is 0. The zero-order valence-electron chi connectivity index (χ0n) is 28.4. The number of amides is 1. The number of hydrogen-bond donors (Lipinski definition) is 2. The maximum atomic E-state index is 10.9. The first kappa shape index (κ1) is 41.9. The minimum atomic E-state index is -0.254. The van der Waals surface area contributed by atoms with Crippen molar-refractivity contribution >= 4 is 21.8 Å². The molecular formula is C38H76BrNO2. The summed E-state index contributed by atoms with van der Waals surface area (Å²) in [4.78, 5) is 10.9. The standard InChI is InChI=1S/C38H76BrNO2/c39-37-35-33-31-29-27-25-23-21-19-17-15-13-11-9-7-5-3-1-2-4-6-8-10-12-14-16-18-20-22-24-26-28-30-32-34-36-38(41)40-42/h42H,1-37H2,(H,40,41). The summed E-state index contributed by atoms with van der Waals surface area (Å²) in [6.07, 6.45) is 49.9. The highest BCUT2D eigenvalue weighted by atomic mass is 79.9. The van der Waals surface area contributed by atoms with Gasteiger partial charge in [0.1, 0.15) is 0 Å². The predicted octanol–water partition coefficient (Wildman–Crippen LogP) is 13.9. The van der Waals surface area contributed by atoms with Gasteiger partial charge in [0.15, 0.2) is 0 Å². The van der Waals surface area contributed by atoms with E-state index in [4.69, 9.17) is 5.21 Å². The summed E-state index contributed by atoms with van der Waals surface area (Å²) >= 11 is 3.52. The molecule has 42 heavy (non-hydrogen) atoms. The summed E-state index contributed by atoms with van der Waals surface area (Å²) in [6, 6.07) is 0. The lowest BCUT2D eigenvalue weighted by atomic mass is 10.0. The van der Waals surface area contributed by atoms with E-state index in [1.165, 1.54) is 217 Å². The maximum absolute atomic E-state index is 10.9. The SMILES string of the molecule is O=C(CCCCCCCCCCCCCCCCCCCCCCCCCCCCCCCCCCCCCBr)NO. The molecule has 0 saturated carbocycles. The number of unbranched alkanes of at least 4 members (excludes halogenated alkanes) is 34. The fourth-order valence-corrected chi connectivity index (χ4v) is 6.67. The Balaban J connectivity index is 3.04. The lowest BCUT2D eigenvalue weighted by Crippen LogP contribution is -2.17. The van der Waals surface area contributed by atoms with E-state index >= 15 is 0 Å². The molecule has 0 aliphatic rings. The highest BCUT2D eigenvalue weighted by Gasteiger charge is 1.99. The summed E-state index contributed by atoms with van der Waals surface area (Å²) in [5.41, 5.74) is 1.70. The number of halogens is 1. The van der Waals surface area contributed by atoms with Crippen molar-refractivity contribution in [1.82, 2.24) is 5.48 Å². The largest absolute Gasteiger partial charge is 0.289 e. The van der Waals surface area contributed by atoms with Gasteiger partial charge in [-0.3, -0.25) is 10.0 Å². The first-order valence-corrected chi connectivity index (χ1v) is 20.4. The van der Waals surface area contributed by atoms with Gasteiger partial charge in [-0.15, -0.1) is 0 Å². The van der Waals surface area contributed by atoms with Crippen LogP contribution in [0.25, 0.3) is 0 Å². The Labute approximate surface area is 273 Å². The van der Waals surface area contributed by atoms with E-state index < -0.39 is 0 Å². The van der Waals surface area contributed by atoms with Gasteiger partial charge < -0.3 is 0 Å². The lowest BCUT2D eigenvalue weighted by molar-refractivity contribution is -0.129. The van der Waals surface area contributed by atoms with Crippen LogP contribution in [-0.4, -0.2) is 16.4 Å². The van der Waals surface area contributed by atoms with Crippen LogP contribution in [0.1, 0.15) is 231 Å². The molecule has 0 aromatic carbocycles. The maximum Gasteiger partial charge on any atom is 0.243 e. The van der Waals surface area contributed by atoms with E-state index in [1.54, 1.807) is 5.48 Å². The minimum absolute atomic E-state index is 0.254. The van der Waals surface area contributed by atoms with Crippen LogP contribution in [0.3, 0.4) is 0 Å². The van der Waals surface area contributed by atoms with Crippen LogP contribution in [-0.2, 0) is 4.79 Å². The molecule has 4 heteroatoms. The van der Waals surface area contributed by atoms with Crippen LogP contribution in [0, 0.1) is 0 Å². The van der Waals surface area contributed by atoms with E-state index in [1.807, 2.05) is 0 Å². The average Bonchev–Trinajstić information content (AvgIpc) is 3.00. The normalized spacial score (nSPS) is 11.4. The molecule has 0 fully saturated rings. The number of rotatable bonds is 37. The molecule has 0 atom stereocenters. The van der Waals surface area contributed by atoms with E-state index in [2.05, 4.69) is 15.9 Å². The van der Waals surface area contributed by atoms with Gasteiger partial charge in [-0.2, -0.15) is 0 Å². The zero-order valence-corrected chi connectivity index (χ0v) is 30.0. The highest BCUT2D eigenvalue weighted by Crippen LogP contribution is 2.17. The van der Waals surface area contributed by atoms with E-state index in [0.717, 1.165) is 12.8 Å². The van der Waals surface area contributed by atoms with Crippen molar-refractivity contribution in [3.63, 3.8) is 0 Å². The number of hydrogen-bond acceptors (Lipinski definition) is 2. The van der Waals surface area contributed by atoms with Crippen molar-refractivity contribution in [2.24, 2.45) is 0 Å². The average molecular weight is 659 g/mol. The molecule has 0 unspecified atom stereocenters. The number of nitrogens with one attached hydrogen (secondary N) is 1. The first-order valence-electron chi connectivity index (χ1n) is 19.3. The van der Waals surface area contributed by atoms with Crippen LogP contribution in [0.15, 0.2) is 0 Å². The second-order valence-corrected chi connectivity index (χ2v) is 14.1. The van der Waals surface area contributed by atoms with E-state index in [0.29, 0.717) is 6.42 Å². The van der Waals surface area contributed by atoms with Crippen molar-refractivity contribution in [2.45, 2.75) is 231 Å². The quantitative estimate of drug-likeness (QED) is 0.0302. The Morgan fingerprint density at radius 3 is 0.667 bits per heavy atom. The van der Waals surface area contributed by atoms with Crippen LogP contribution in [0.2, 0.25) is 0 Å². The smallest absolute Gasteiger partial charge is 0.243 e. The molecule has 0 radical (unpaired) electrons. The Kier molecular flexibility index (Phi) is 38.9. The molecule has 0 aromatic heterocycles. The Bertz CT molecular complexity index is 501. The third-order valence-electron chi connectivity index (χ3n) is 9.16. The molecule has 0 spiro atoms. The summed E-state index contributed by atoms with van der Waals surface area (Å²) < 4.78 is 0. The Morgan fingerprint density at radius 2 is 0.500 bits per heavy atom. The molecule has 0 bridgehead atoms. The number of alkyl halides is 1. The van der Waals surface area contributed by atoms with Gasteiger partial charge in [-0.1, -0.05) is 228 Å². The summed E-state index contributed by atoms with van der Waals surface area (Å²) in [7, 11) is 0. The van der Waals surface area contributed by atoms with E-state index in [-0.39, 0.29) is 5.91 Å². The topological polar surface area (TPSA) is 49.3 Å². The molecule has 0 saturated heterocycles. The molecule has 0 aliphatic carbocycles.